The summed E-state index contributed by atoms with van der Waals surface area (Å²) in [6, 6.07) is 16.2. The van der Waals surface area contributed by atoms with E-state index in [1.165, 1.54) is 6.07 Å². The van der Waals surface area contributed by atoms with Crippen LogP contribution in [0, 0.1) is 0 Å². The highest BCUT2D eigenvalue weighted by atomic mass is 16.4. The molecule has 0 atom stereocenters. The van der Waals surface area contributed by atoms with Crippen LogP contribution >= 0.6 is 0 Å². The number of carbonyl (C=O) groups is 3. The van der Waals surface area contributed by atoms with Crippen LogP contribution in [0.2, 0.25) is 0 Å². The van der Waals surface area contributed by atoms with Gasteiger partial charge in [0.1, 0.15) is 0 Å². The molecule has 6 heteroatoms. The molecule has 3 aromatic carbocycles. The highest BCUT2D eigenvalue weighted by molar-refractivity contribution is 6.21. The van der Waals surface area contributed by atoms with E-state index in [0.29, 0.717) is 16.5 Å². The Morgan fingerprint density at radius 2 is 1.40 bits per heavy atom. The van der Waals surface area contributed by atoms with Crippen molar-refractivity contribution in [3.8, 4) is 0 Å². The van der Waals surface area contributed by atoms with Crippen LogP contribution in [0.3, 0.4) is 0 Å². The van der Waals surface area contributed by atoms with Crippen LogP contribution in [-0.2, 0) is 0 Å². The summed E-state index contributed by atoms with van der Waals surface area (Å²) in [4.78, 5) is 36.1. The lowest BCUT2D eigenvalue weighted by Gasteiger charge is -2.13. The third-order valence-electron chi connectivity index (χ3n) is 3.75. The Labute approximate surface area is 142 Å². The summed E-state index contributed by atoms with van der Waals surface area (Å²) in [5.74, 6) is -3.52. The molecule has 3 aromatic rings. The number of fused-ring (bicyclic) bond motifs is 1. The molecule has 3 rings (SSSR count). The molecule has 6 nitrogen and oxygen atoms in total. The van der Waals surface area contributed by atoms with E-state index in [1.807, 2.05) is 0 Å². The minimum absolute atomic E-state index is 0.304. The Balaban J connectivity index is 2.26. The van der Waals surface area contributed by atoms with Gasteiger partial charge >= 0.3 is 11.9 Å². The molecule has 0 unspecified atom stereocenters. The number of carbonyl (C=O) groups excluding carboxylic acids is 1. The van der Waals surface area contributed by atoms with Crippen LogP contribution < -0.4 is 5.32 Å². The van der Waals surface area contributed by atoms with Gasteiger partial charge in [-0.25, -0.2) is 9.59 Å². The Morgan fingerprint density at radius 1 is 0.760 bits per heavy atom. The Bertz CT molecular complexity index is 995. The zero-order chi connectivity index (χ0) is 18.0. The molecule has 0 saturated heterocycles. The molecule has 1 amide bonds. The fraction of sp³-hybridized carbons (Fsp3) is 0. The zero-order valence-electron chi connectivity index (χ0n) is 12.9. The van der Waals surface area contributed by atoms with E-state index in [9.17, 15) is 24.6 Å². The molecular weight excluding hydrogens is 322 g/mol. The second-order valence-corrected chi connectivity index (χ2v) is 5.33. The molecule has 0 heterocycles. The Morgan fingerprint density at radius 3 is 2.04 bits per heavy atom. The van der Waals surface area contributed by atoms with Gasteiger partial charge in [0.2, 0.25) is 0 Å². The molecule has 0 bridgehead atoms. The maximum atomic E-state index is 12.7. The topological polar surface area (TPSA) is 104 Å². The van der Waals surface area contributed by atoms with E-state index < -0.39 is 17.8 Å². The van der Waals surface area contributed by atoms with E-state index in [-0.39, 0.29) is 16.7 Å². The van der Waals surface area contributed by atoms with Gasteiger partial charge in [0.15, 0.2) is 0 Å². The lowest BCUT2D eigenvalue weighted by atomic mass is 9.93. The number of nitrogens with one attached hydrogen (secondary N) is 1. The standard InChI is InChI=1S/C19H13NO5/c21-17(20-12-7-2-1-3-8-12)15-14(18(22)23)10-11-6-4-5-9-13(11)16(15)19(24)25/h1-10H,(H,20,21)(H,22,23)(H,24,25). The highest BCUT2D eigenvalue weighted by Crippen LogP contribution is 2.27. The first kappa shape index (κ1) is 16.2. The average molecular weight is 335 g/mol. The number of hydrogen-bond acceptors (Lipinski definition) is 3. The van der Waals surface area contributed by atoms with Crippen molar-refractivity contribution < 1.29 is 24.6 Å². The number of carboxylic acids is 2. The third kappa shape index (κ3) is 3.05. The van der Waals surface area contributed by atoms with Gasteiger partial charge in [0.05, 0.1) is 16.7 Å². The maximum absolute atomic E-state index is 12.7. The molecule has 0 aliphatic rings. The van der Waals surface area contributed by atoms with E-state index in [2.05, 4.69) is 5.32 Å². The monoisotopic (exact) mass is 335 g/mol. The van der Waals surface area contributed by atoms with Gasteiger partial charge < -0.3 is 15.5 Å². The number of amides is 1. The van der Waals surface area contributed by atoms with Crippen LogP contribution in [0.5, 0.6) is 0 Å². The van der Waals surface area contributed by atoms with Gasteiger partial charge in [-0.2, -0.15) is 0 Å². The summed E-state index contributed by atoms with van der Waals surface area (Å²) < 4.78 is 0. The smallest absolute Gasteiger partial charge is 0.337 e. The zero-order valence-corrected chi connectivity index (χ0v) is 12.9. The number of aromatic carboxylic acids is 2. The summed E-state index contributed by atoms with van der Waals surface area (Å²) >= 11 is 0. The van der Waals surface area contributed by atoms with Gasteiger partial charge in [0.25, 0.3) is 5.91 Å². The van der Waals surface area contributed by atoms with Crippen molar-refractivity contribution in [1.82, 2.24) is 0 Å². The van der Waals surface area contributed by atoms with Crippen molar-refractivity contribution >= 4 is 34.3 Å². The largest absolute Gasteiger partial charge is 0.478 e. The minimum atomic E-state index is -1.37. The summed E-state index contributed by atoms with van der Waals surface area (Å²) in [6.45, 7) is 0. The van der Waals surface area contributed by atoms with Crippen LogP contribution in [0.4, 0.5) is 5.69 Å². The van der Waals surface area contributed by atoms with E-state index in [4.69, 9.17) is 0 Å². The van der Waals surface area contributed by atoms with Crippen molar-refractivity contribution in [2.45, 2.75) is 0 Å². The minimum Gasteiger partial charge on any atom is -0.478 e. The predicted octanol–water partition coefficient (Wildman–Crippen LogP) is 3.49. The summed E-state index contributed by atoms with van der Waals surface area (Å²) in [5.41, 5.74) is -0.621. The van der Waals surface area contributed by atoms with E-state index in [0.717, 1.165) is 0 Å². The quantitative estimate of drug-likeness (QED) is 0.677. The van der Waals surface area contributed by atoms with Gasteiger partial charge in [-0.1, -0.05) is 42.5 Å². The average Bonchev–Trinajstić information content (AvgIpc) is 2.60. The third-order valence-corrected chi connectivity index (χ3v) is 3.75. The summed E-state index contributed by atoms with van der Waals surface area (Å²) in [5, 5.41) is 22.4. The molecular formula is C19H13NO5. The molecule has 0 fully saturated rings. The number of para-hydroxylation sites is 1. The first-order valence-electron chi connectivity index (χ1n) is 7.37. The number of carboxylic acid groups (broad SMARTS) is 2. The SMILES string of the molecule is O=C(O)c1cc2ccccc2c(C(=O)O)c1C(=O)Nc1ccccc1. The van der Waals surface area contributed by atoms with E-state index >= 15 is 0 Å². The highest BCUT2D eigenvalue weighted by Gasteiger charge is 2.27. The predicted molar refractivity (Wildman–Crippen MR) is 92.3 cm³/mol. The first-order valence-corrected chi connectivity index (χ1v) is 7.37. The van der Waals surface area contributed by atoms with Crippen molar-refractivity contribution in [1.29, 1.82) is 0 Å². The van der Waals surface area contributed by atoms with Gasteiger partial charge in [-0.15, -0.1) is 0 Å². The normalized spacial score (nSPS) is 10.4. The fourth-order valence-corrected chi connectivity index (χ4v) is 2.69. The van der Waals surface area contributed by atoms with Crippen molar-refractivity contribution in [3.63, 3.8) is 0 Å². The maximum Gasteiger partial charge on any atom is 0.337 e. The van der Waals surface area contributed by atoms with Gasteiger partial charge in [-0.3, -0.25) is 4.79 Å². The summed E-state index contributed by atoms with van der Waals surface area (Å²) in [6.07, 6.45) is 0. The molecule has 124 valence electrons. The molecule has 0 radical (unpaired) electrons. The van der Waals surface area contributed by atoms with E-state index in [1.54, 1.807) is 54.6 Å². The Kier molecular flexibility index (Phi) is 4.18. The Hall–Kier alpha value is -3.67. The number of hydrogen-bond donors (Lipinski definition) is 3. The van der Waals surface area contributed by atoms with Crippen LogP contribution in [0.1, 0.15) is 31.1 Å². The van der Waals surface area contributed by atoms with Crippen LogP contribution in [0.15, 0.2) is 60.7 Å². The molecule has 25 heavy (non-hydrogen) atoms. The molecule has 0 spiro atoms. The lowest BCUT2D eigenvalue weighted by molar-refractivity contribution is 0.0691. The second kappa shape index (κ2) is 6.45. The fourth-order valence-electron chi connectivity index (χ4n) is 2.69. The molecule has 0 aliphatic heterocycles. The molecule has 0 aliphatic carbocycles. The number of benzene rings is 3. The van der Waals surface area contributed by atoms with Gasteiger partial charge in [-0.05, 0) is 29.0 Å². The molecule has 0 aromatic heterocycles. The van der Waals surface area contributed by atoms with Crippen LogP contribution in [-0.4, -0.2) is 28.1 Å². The van der Waals surface area contributed by atoms with Crippen molar-refractivity contribution in [3.05, 3.63) is 77.4 Å². The second-order valence-electron chi connectivity index (χ2n) is 5.33. The van der Waals surface area contributed by atoms with Gasteiger partial charge in [0, 0.05) is 5.69 Å². The molecule has 3 N–H and O–H groups in total. The molecule has 0 saturated carbocycles. The van der Waals surface area contributed by atoms with Crippen LogP contribution in [0.25, 0.3) is 10.8 Å². The number of anilines is 1. The lowest BCUT2D eigenvalue weighted by Crippen LogP contribution is -2.21. The van der Waals surface area contributed by atoms with Crippen molar-refractivity contribution in [2.24, 2.45) is 0 Å². The summed E-state index contributed by atoms with van der Waals surface area (Å²) in [7, 11) is 0. The van der Waals surface area contributed by atoms with Crippen molar-refractivity contribution in [2.75, 3.05) is 5.32 Å². The first-order chi connectivity index (χ1) is 12.0. The number of rotatable bonds is 4.